The van der Waals surface area contributed by atoms with Crippen molar-refractivity contribution in [1.82, 2.24) is 10.6 Å². The number of esters is 1. The lowest BCUT2D eigenvalue weighted by Crippen LogP contribution is -2.45. The third-order valence-electron chi connectivity index (χ3n) is 4.52. The number of amides is 2. The van der Waals surface area contributed by atoms with E-state index in [1.807, 2.05) is 0 Å². The maximum absolute atomic E-state index is 12.7. The minimum Gasteiger partial charge on any atom is -0.503 e. The summed E-state index contributed by atoms with van der Waals surface area (Å²) in [5, 5.41) is 15.3. The molecular formula is C18H21BrN2O6. The molecule has 2 amide bonds. The van der Waals surface area contributed by atoms with Gasteiger partial charge in [0.1, 0.15) is 6.61 Å². The van der Waals surface area contributed by atoms with Gasteiger partial charge in [-0.15, -0.1) is 0 Å². The molecule has 9 heteroatoms. The van der Waals surface area contributed by atoms with Crippen molar-refractivity contribution in [2.24, 2.45) is 0 Å². The average Bonchev–Trinajstić information content (AvgIpc) is 3.14. The molecule has 2 aliphatic rings. The van der Waals surface area contributed by atoms with Gasteiger partial charge < -0.3 is 30.0 Å². The molecule has 8 nitrogen and oxygen atoms in total. The first kappa shape index (κ1) is 19.5. The molecule has 0 aliphatic carbocycles. The molecule has 3 N–H and O–H groups in total. The van der Waals surface area contributed by atoms with Gasteiger partial charge in [-0.1, -0.05) is 0 Å². The molecule has 2 aliphatic heterocycles. The maximum atomic E-state index is 12.7. The Morgan fingerprint density at radius 3 is 2.89 bits per heavy atom. The normalized spacial score (nSPS) is 22.3. The van der Waals surface area contributed by atoms with E-state index >= 15 is 0 Å². The van der Waals surface area contributed by atoms with E-state index in [4.69, 9.17) is 14.2 Å². The molecule has 0 spiro atoms. The first-order valence-electron chi connectivity index (χ1n) is 8.54. The number of carbonyl (C=O) groups excluding carboxylic acids is 2. The Bertz CT molecular complexity index is 788. The van der Waals surface area contributed by atoms with Gasteiger partial charge >= 0.3 is 12.0 Å². The zero-order valence-electron chi connectivity index (χ0n) is 15.0. The van der Waals surface area contributed by atoms with Crippen molar-refractivity contribution in [2.75, 3.05) is 20.3 Å². The number of benzene rings is 1. The van der Waals surface area contributed by atoms with Crippen LogP contribution in [0, 0.1) is 0 Å². The molecule has 0 aromatic heterocycles. The van der Waals surface area contributed by atoms with Gasteiger partial charge in [0.2, 0.25) is 0 Å². The number of carbonyl (C=O) groups is 2. The Hall–Kier alpha value is -2.26. The zero-order chi connectivity index (χ0) is 19.6. The molecule has 1 fully saturated rings. The summed E-state index contributed by atoms with van der Waals surface area (Å²) >= 11 is 3.26. The molecule has 2 atom stereocenters. The number of nitrogens with one attached hydrogen (secondary N) is 2. The number of aromatic hydroxyl groups is 1. The molecule has 3 rings (SSSR count). The first-order chi connectivity index (χ1) is 12.9. The lowest BCUT2D eigenvalue weighted by atomic mass is 9.95. The molecule has 1 aromatic rings. The third-order valence-corrected chi connectivity index (χ3v) is 5.12. The Labute approximate surface area is 165 Å². The van der Waals surface area contributed by atoms with E-state index in [0.717, 1.165) is 12.8 Å². The van der Waals surface area contributed by atoms with E-state index in [2.05, 4.69) is 26.6 Å². The number of allylic oxidation sites excluding steroid dienone is 1. The lowest BCUT2D eigenvalue weighted by molar-refractivity contribution is -0.142. The van der Waals surface area contributed by atoms with Crippen molar-refractivity contribution in [2.45, 2.75) is 31.9 Å². The van der Waals surface area contributed by atoms with Crippen molar-refractivity contribution < 1.29 is 28.9 Å². The summed E-state index contributed by atoms with van der Waals surface area (Å²) in [6.45, 7) is 2.48. The molecule has 0 bridgehead atoms. The van der Waals surface area contributed by atoms with Crippen molar-refractivity contribution in [1.29, 1.82) is 0 Å². The fraction of sp³-hybridized carbons (Fsp3) is 0.444. The number of methoxy groups -OCH3 is 1. The minimum absolute atomic E-state index is 0.0651. The molecule has 1 aromatic carbocycles. The van der Waals surface area contributed by atoms with Crippen LogP contribution in [-0.2, 0) is 14.3 Å². The minimum atomic E-state index is -0.749. The summed E-state index contributed by atoms with van der Waals surface area (Å²) in [6, 6.07) is 2.00. The number of phenols is 1. The van der Waals surface area contributed by atoms with Gasteiger partial charge in [-0.05, 0) is 53.4 Å². The predicted molar refractivity (Wildman–Crippen MR) is 99.4 cm³/mol. The zero-order valence-corrected chi connectivity index (χ0v) is 16.6. The summed E-state index contributed by atoms with van der Waals surface area (Å²) in [5.41, 5.74) is 1.26. The number of ether oxygens (including phenoxy) is 3. The number of halogens is 1. The summed E-state index contributed by atoms with van der Waals surface area (Å²) in [4.78, 5) is 24.7. The third kappa shape index (κ3) is 4.19. The van der Waals surface area contributed by atoms with E-state index in [1.54, 1.807) is 19.1 Å². The van der Waals surface area contributed by atoms with E-state index < -0.39 is 18.0 Å². The van der Waals surface area contributed by atoms with Crippen LogP contribution in [-0.4, -0.2) is 43.5 Å². The van der Waals surface area contributed by atoms with E-state index in [9.17, 15) is 14.7 Å². The van der Waals surface area contributed by atoms with Crippen LogP contribution >= 0.6 is 15.9 Å². The molecule has 27 heavy (non-hydrogen) atoms. The van der Waals surface area contributed by atoms with Crippen LogP contribution in [0.4, 0.5) is 4.79 Å². The molecule has 146 valence electrons. The molecule has 1 saturated heterocycles. The highest BCUT2D eigenvalue weighted by Gasteiger charge is 2.33. The molecule has 0 saturated carbocycles. The highest BCUT2D eigenvalue weighted by Crippen LogP contribution is 2.39. The lowest BCUT2D eigenvalue weighted by Gasteiger charge is -2.28. The Kier molecular flexibility index (Phi) is 5.91. The van der Waals surface area contributed by atoms with Crippen LogP contribution < -0.4 is 15.4 Å². The van der Waals surface area contributed by atoms with Crippen molar-refractivity contribution >= 4 is 27.9 Å². The average molecular weight is 441 g/mol. The number of hydrogen-bond acceptors (Lipinski definition) is 6. The maximum Gasteiger partial charge on any atom is 0.338 e. The second-order valence-corrected chi connectivity index (χ2v) is 7.21. The fourth-order valence-electron chi connectivity index (χ4n) is 3.15. The van der Waals surface area contributed by atoms with Gasteiger partial charge in [-0.3, -0.25) is 0 Å². The topological polar surface area (TPSA) is 106 Å². The van der Waals surface area contributed by atoms with Gasteiger partial charge in [0, 0.05) is 12.3 Å². The van der Waals surface area contributed by atoms with Crippen LogP contribution in [0.3, 0.4) is 0 Å². The van der Waals surface area contributed by atoms with Crippen LogP contribution in [0.5, 0.6) is 11.5 Å². The number of urea groups is 1. The summed E-state index contributed by atoms with van der Waals surface area (Å²) in [6.07, 6.45) is 1.71. The monoisotopic (exact) mass is 440 g/mol. The van der Waals surface area contributed by atoms with Gasteiger partial charge in [0.15, 0.2) is 11.5 Å². The highest BCUT2D eigenvalue weighted by molar-refractivity contribution is 9.10. The summed E-state index contributed by atoms with van der Waals surface area (Å²) in [5.74, 6) is -0.384. The van der Waals surface area contributed by atoms with E-state index in [-0.39, 0.29) is 29.8 Å². The van der Waals surface area contributed by atoms with Gasteiger partial charge in [-0.25, -0.2) is 9.59 Å². The second-order valence-electron chi connectivity index (χ2n) is 6.36. The molecular weight excluding hydrogens is 420 g/mol. The Morgan fingerprint density at radius 2 is 2.22 bits per heavy atom. The predicted octanol–water partition coefficient (Wildman–Crippen LogP) is 2.51. The highest BCUT2D eigenvalue weighted by atomic mass is 79.9. The van der Waals surface area contributed by atoms with Crippen LogP contribution in [0.2, 0.25) is 0 Å². The van der Waals surface area contributed by atoms with Gasteiger partial charge in [0.05, 0.1) is 29.3 Å². The molecule has 0 radical (unpaired) electrons. The number of phenolic OH excluding ortho intramolecular Hbond substituents is 1. The van der Waals surface area contributed by atoms with Crippen molar-refractivity contribution in [3.63, 3.8) is 0 Å². The largest absolute Gasteiger partial charge is 0.503 e. The molecule has 0 unspecified atom stereocenters. The van der Waals surface area contributed by atoms with Crippen molar-refractivity contribution in [3.05, 3.63) is 33.4 Å². The van der Waals surface area contributed by atoms with Gasteiger partial charge in [-0.2, -0.15) is 0 Å². The quantitative estimate of drug-likeness (QED) is 0.607. The standard InChI is InChI=1S/C18H21BrN2O6/c1-9-14(17(23)27-8-11-4-3-5-26-11)15(21-18(24)20-9)10-6-12(19)16(22)13(7-10)25-2/h6-7,11,15,22H,3-5,8H2,1-2H3,(H2,20,21,24)/t11-,15-/m1/s1. The van der Waals surface area contributed by atoms with E-state index in [0.29, 0.717) is 22.3 Å². The number of rotatable bonds is 5. The summed E-state index contributed by atoms with van der Waals surface area (Å²) < 4.78 is 16.5. The second kappa shape index (κ2) is 8.18. The Morgan fingerprint density at radius 1 is 1.44 bits per heavy atom. The summed E-state index contributed by atoms with van der Waals surface area (Å²) in [7, 11) is 1.42. The Balaban J connectivity index is 1.89. The number of hydrogen-bond donors (Lipinski definition) is 3. The van der Waals surface area contributed by atoms with E-state index in [1.165, 1.54) is 7.11 Å². The fourth-order valence-corrected chi connectivity index (χ4v) is 3.61. The van der Waals surface area contributed by atoms with Gasteiger partial charge in [0.25, 0.3) is 0 Å². The van der Waals surface area contributed by atoms with Crippen LogP contribution in [0.15, 0.2) is 27.9 Å². The van der Waals surface area contributed by atoms with Crippen molar-refractivity contribution in [3.8, 4) is 11.5 Å². The SMILES string of the molecule is COc1cc([C@H]2NC(=O)NC(C)=C2C(=O)OC[C@H]2CCCO2)cc(Br)c1O. The molecule has 2 heterocycles. The first-order valence-corrected chi connectivity index (χ1v) is 9.33. The van der Waals surface area contributed by atoms with Crippen LogP contribution in [0.1, 0.15) is 31.4 Å². The smallest absolute Gasteiger partial charge is 0.338 e. The van der Waals surface area contributed by atoms with Crippen LogP contribution in [0.25, 0.3) is 0 Å².